The van der Waals surface area contributed by atoms with Crippen LogP contribution in [0.4, 0.5) is 0 Å². The van der Waals surface area contributed by atoms with E-state index < -0.39 is 5.97 Å². The van der Waals surface area contributed by atoms with Gasteiger partial charge in [0.25, 0.3) is 0 Å². The van der Waals surface area contributed by atoms with Gasteiger partial charge in [-0.3, -0.25) is 0 Å². The lowest BCUT2D eigenvalue weighted by Crippen LogP contribution is -2.12. The zero-order valence-corrected chi connectivity index (χ0v) is 5.38. The molecule has 2 N–H and O–H groups in total. The molecule has 0 aromatic heterocycles. The van der Waals surface area contributed by atoms with Crippen molar-refractivity contribution in [1.82, 2.24) is 0 Å². The SMILES string of the molecule is COC=C(N)C(=O)OC. The number of rotatable bonds is 2. The molecule has 0 saturated carbocycles. The summed E-state index contributed by atoms with van der Waals surface area (Å²) in [5.41, 5.74) is 5.06. The fourth-order valence-electron chi connectivity index (χ4n) is 0.293. The third kappa shape index (κ3) is 2.58. The minimum atomic E-state index is -0.586. The van der Waals surface area contributed by atoms with Crippen LogP contribution in [-0.2, 0) is 14.3 Å². The first-order valence-corrected chi connectivity index (χ1v) is 2.29. The lowest BCUT2D eigenvalue weighted by Gasteiger charge is -1.95. The minimum Gasteiger partial charge on any atom is -0.502 e. The standard InChI is InChI=1S/C5H9NO3/c1-8-3-4(6)5(7)9-2/h3H,6H2,1-2H3. The Hall–Kier alpha value is -1.19. The molecule has 0 spiro atoms. The molecule has 0 radical (unpaired) electrons. The molecule has 4 heteroatoms. The van der Waals surface area contributed by atoms with Gasteiger partial charge in [-0.2, -0.15) is 0 Å². The molecule has 9 heavy (non-hydrogen) atoms. The summed E-state index contributed by atoms with van der Waals surface area (Å²) >= 11 is 0. The van der Waals surface area contributed by atoms with Gasteiger partial charge in [0.1, 0.15) is 6.26 Å². The van der Waals surface area contributed by atoms with E-state index in [4.69, 9.17) is 5.73 Å². The van der Waals surface area contributed by atoms with Crippen LogP contribution in [0.1, 0.15) is 0 Å². The molecule has 0 fully saturated rings. The van der Waals surface area contributed by atoms with Crippen LogP contribution in [0.25, 0.3) is 0 Å². The number of methoxy groups -OCH3 is 2. The first-order chi connectivity index (χ1) is 4.22. The van der Waals surface area contributed by atoms with E-state index in [1.165, 1.54) is 14.2 Å². The van der Waals surface area contributed by atoms with Gasteiger partial charge in [0.2, 0.25) is 0 Å². The Morgan fingerprint density at radius 2 is 2.11 bits per heavy atom. The molecule has 0 aliphatic carbocycles. The molecule has 0 aromatic carbocycles. The van der Waals surface area contributed by atoms with E-state index in [1.54, 1.807) is 0 Å². The third-order valence-electron chi connectivity index (χ3n) is 0.666. The fraction of sp³-hybridized carbons (Fsp3) is 0.400. The van der Waals surface area contributed by atoms with Crippen molar-refractivity contribution >= 4 is 5.97 Å². The van der Waals surface area contributed by atoms with Crippen LogP contribution in [0, 0.1) is 0 Å². The Kier molecular flexibility index (Phi) is 3.27. The molecule has 0 saturated heterocycles. The van der Waals surface area contributed by atoms with E-state index in [9.17, 15) is 4.79 Å². The summed E-state index contributed by atoms with van der Waals surface area (Å²) < 4.78 is 8.69. The molecular weight excluding hydrogens is 122 g/mol. The molecule has 0 heterocycles. The Bertz CT molecular complexity index is 130. The Morgan fingerprint density at radius 1 is 1.56 bits per heavy atom. The summed E-state index contributed by atoms with van der Waals surface area (Å²) in [7, 11) is 2.65. The fourth-order valence-corrected chi connectivity index (χ4v) is 0.293. The number of esters is 1. The number of ether oxygens (including phenoxy) is 2. The highest BCUT2D eigenvalue weighted by Gasteiger charge is 2.01. The molecule has 0 aromatic rings. The van der Waals surface area contributed by atoms with Crippen LogP contribution in [0.3, 0.4) is 0 Å². The quantitative estimate of drug-likeness (QED) is 0.315. The maximum atomic E-state index is 10.4. The highest BCUT2D eigenvalue weighted by Crippen LogP contribution is 1.86. The smallest absolute Gasteiger partial charge is 0.357 e. The number of carbonyl (C=O) groups excluding carboxylic acids is 1. The first-order valence-electron chi connectivity index (χ1n) is 2.29. The summed E-state index contributed by atoms with van der Waals surface area (Å²) in [4.78, 5) is 10.4. The zero-order chi connectivity index (χ0) is 7.28. The van der Waals surface area contributed by atoms with Crippen LogP contribution < -0.4 is 5.73 Å². The normalized spacial score (nSPS) is 10.7. The predicted octanol–water partition coefficient (Wildman–Crippen LogP) is -0.394. The van der Waals surface area contributed by atoms with E-state index in [1.807, 2.05) is 0 Å². The molecule has 0 atom stereocenters. The lowest BCUT2D eigenvalue weighted by atomic mass is 10.5. The van der Waals surface area contributed by atoms with E-state index in [2.05, 4.69) is 9.47 Å². The summed E-state index contributed by atoms with van der Waals surface area (Å²) in [5, 5.41) is 0. The summed E-state index contributed by atoms with van der Waals surface area (Å²) in [6.07, 6.45) is 1.12. The molecule has 0 bridgehead atoms. The van der Waals surface area contributed by atoms with Gasteiger partial charge >= 0.3 is 5.97 Å². The highest BCUT2D eigenvalue weighted by atomic mass is 16.5. The number of carbonyl (C=O) groups is 1. The maximum Gasteiger partial charge on any atom is 0.357 e. The van der Waals surface area contributed by atoms with Crippen molar-refractivity contribution in [3.05, 3.63) is 12.0 Å². The molecule has 52 valence electrons. The minimum absolute atomic E-state index is 0.0417. The van der Waals surface area contributed by atoms with Gasteiger partial charge in [0, 0.05) is 0 Å². The van der Waals surface area contributed by atoms with Crippen LogP contribution in [-0.4, -0.2) is 20.2 Å². The molecule has 0 rings (SSSR count). The third-order valence-corrected chi connectivity index (χ3v) is 0.666. The maximum absolute atomic E-state index is 10.4. The molecule has 0 aliphatic rings. The Morgan fingerprint density at radius 3 is 2.44 bits per heavy atom. The van der Waals surface area contributed by atoms with Crippen LogP contribution in [0.2, 0.25) is 0 Å². The van der Waals surface area contributed by atoms with Gasteiger partial charge in [0.05, 0.1) is 14.2 Å². The largest absolute Gasteiger partial charge is 0.502 e. The van der Waals surface area contributed by atoms with Crippen molar-refractivity contribution in [2.75, 3.05) is 14.2 Å². The Balaban J connectivity index is 3.86. The van der Waals surface area contributed by atoms with E-state index in [-0.39, 0.29) is 5.70 Å². The average Bonchev–Trinajstić information content (AvgIpc) is 1.87. The topological polar surface area (TPSA) is 61.5 Å². The van der Waals surface area contributed by atoms with Crippen molar-refractivity contribution in [2.24, 2.45) is 5.73 Å². The summed E-state index contributed by atoms with van der Waals surface area (Å²) in [6, 6.07) is 0. The van der Waals surface area contributed by atoms with E-state index in [0.29, 0.717) is 0 Å². The summed E-state index contributed by atoms with van der Waals surface area (Å²) in [5.74, 6) is -0.586. The van der Waals surface area contributed by atoms with Crippen molar-refractivity contribution in [3.8, 4) is 0 Å². The monoisotopic (exact) mass is 131 g/mol. The molecule has 0 unspecified atom stereocenters. The van der Waals surface area contributed by atoms with E-state index in [0.717, 1.165) is 6.26 Å². The van der Waals surface area contributed by atoms with Gasteiger partial charge < -0.3 is 15.2 Å². The predicted molar refractivity (Wildman–Crippen MR) is 31.3 cm³/mol. The molecule has 0 aliphatic heterocycles. The number of hydrogen-bond acceptors (Lipinski definition) is 4. The van der Waals surface area contributed by atoms with Gasteiger partial charge in [-0.1, -0.05) is 0 Å². The van der Waals surface area contributed by atoms with Gasteiger partial charge in [0.15, 0.2) is 5.70 Å². The van der Waals surface area contributed by atoms with Gasteiger partial charge in [-0.05, 0) is 0 Å². The van der Waals surface area contributed by atoms with Crippen molar-refractivity contribution in [1.29, 1.82) is 0 Å². The van der Waals surface area contributed by atoms with Crippen molar-refractivity contribution in [2.45, 2.75) is 0 Å². The van der Waals surface area contributed by atoms with Crippen molar-refractivity contribution < 1.29 is 14.3 Å². The van der Waals surface area contributed by atoms with Crippen LogP contribution in [0.15, 0.2) is 12.0 Å². The summed E-state index contributed by atoms with van der Waals surface area (Å²) in [6.45, 7) is 0. The first kappa shape index (κ1) is 7.81. The Labute approximate surface area is 53.2 Å². The number of hydrogen-bond donors (Lipinski definition) is 1. The van der Waals surface area contributed by atoms with E-state index >= 15 is 0 Å². The second-order valence-electron chi connectivity index (χ2n) is 1.30. The average molecular weight is 131 g/mol. The van der Waals surface area contributed by atoms with Gasteiger partial charge in [-0.25, -0.2) is 4.79 Å². The zero-order valence-electron chi connectivity index (χ0n) is 5.38. The van der Waals surface area contributed by atoms with Crippen molar-refractivity contribution in [3.63, 3.8) is 0 Å². The second-order valence-corrected chi connectivity index (χ2v) is 1.30. The van der Waals surface area contributed by atoms with Gasteiger partial charge in [-0.15, -0.1) is 0 Å². The molecule has 4 nitrogen and oxygen atoms in total. The number of nitrogens with two attached hydrogens (primary N) is 1. The lowest BCUT2D eigenvalue weighted by molar-refractivity contribution is -0.136. The van der Waals surface area contributed by atoms with Crippen LogP contribution >= 0.6 is 0 Å². The molecule has 0 amide bonds. The highest BCUT2D eigenvalue weighted by molar-refractivity contribution is 5.86. The second kappa shape index (κ2) is 3.77. The molecular formula is C5H9NO3. The van der Waals surface area contributed by atoms with Crippen LogP contribution in [0.5, 0.6) is 0 Å².